The van der Waals surface area contributed by atoms with Gasteiger partial charge in [-0.05, 0) is 38.5 Å². The molecule has 2 atom stereocenters. The van der Waals surface area contributed by atoms with E-state index in [2.05, 4.69) is 37.9 Å². The Morgan fingerprint density at radius 2 is 1.89 bits per heavy atom. The van der Waals surface area contributed by atoms with Crippen molar-refractivity contribution in [1.82, 2.24) is 10.2 Å². The summed E-state index contributed by atoms with van der Waals surface area (Å²) in [5.41, 5.74) is 0.469. The number of nitrogens with zero attached hydrogens (tertiary/aromatic N) is 1. The van der Waals surface area contributed by atoms with Crippen LogP contribution in [0.4, 0.5) is 0 Å². The molecule has 106 valence electrons. The third kappa shape index (κ3) is 3.08. The summed E-state index contributed by atoms with van der Waals surface area (Å²) >= 11 is 0. The van der Waals surface area contributed by atoms with E-state index in [1.165, 1.54) is 51.6 Å². The molecule has 18 heavy (non-hydrogen) atoms. The lowest BCUT2D eigenvalue weighted by Crippen LogP contribution is -2.64. The van der Waals surface area contributed by atoms with Crippen LogP contribution in [0.5, 0.6) is 0 Å². The normalized spacial score (nSPS) is 30.2. The van der Waals surface area contributed by atoms with Crippen LogP contribution in [0.15, 0.2) is 0 Å². The van der Waals surface area contributed by atoms with Crippen molar-refractivity contribution in [3.63, 3.8) is 0 Å². The van der Waals surface area contributed by atoms with Crippen molar-refractivity contribution < 1.29 is 0 Å². The maximum absolute atomic E-state index is 3.89. The highest BCUT2D eigenvalue weighted by Crippen LogP contribution is 2.34. The Morgan fingerprint density at radius 3 is 2.44 bits per heavy atom. The molecule has 0 aromatic rings. The molecule has 2 rings (SSSR count). The van der Waals surface area contributed by atoms with Gasteiger partial charge in [-0.15, -0.1) is 0 Å². The summed E-state index contributed by atoms with van der Waals surface area (Å²) in [4.78, 5) is 2.82. The van der Waals surface area contributed by atoms with E-state index in [4.69, 9.17) is 0 Å². The van der Waals surface area contributed by atoms with Gasteiger partial charge in [0.05, 0.1) is 0 Å². The smallest absolute Gasteiger partial charge is 0.0309 e. The van der Waals surface area contributed by atoms with E-state index in [-0.39, 0.29) is 0 Å². The first kappa shape index (κ1) is 14.3. The number of nitrogens with one attached hydrogen (secondary N) is 1. The van der Waals surface area contributed by atoms with Crippen LogP contribution in [0.25, 0.3) is 0 Å². The highest BCUT2D eigenvalue weighted by Gasteiger charge is 2.41. The van der Waals surface area contributed by atoms with Crippen LogP contribution in [0.2, 0.25) is 0 Å². The molecule has 0 bridgehead atoms. The lowest BCUT2D eigenvalue weighted by atomic mass is 9.89. The highest BCUT2D eigenvalue weighted by molar-refractivity contribution is 5.01. The van der Waals surface area contributed by atoms with E-state index in [1.54, 1.807) is 0 Å². The van der Waals surface area contributed by atoms with Crippen molar-refractivity contribution in [2.75, 3.05) is 13.1 Å². The largest absolute Gasteiger partial charge is 0.308 e. The number of piperazine rings is 1. The summed E-state index contributed by atoms with van der Waals surface area (Å²) in [5.74, 6) is 0.812. The molecule has 2 heteroatoms. The van der Waals surface area contributed by atoms with Crippen LogP contribution in [0.1, 0.15) is 66.2 Å². The van der Waals surface area contributed by atoms with Gasteiger partial charge in [-0.1, -0.05) is 33.6 Å². The molecule has 1 spiro atoms. The number of hydrogen-bond acceptors (Lipinski definition) is 2. The Kier molecular flexibility index (Phi) is 4.71. The van der Waals surface area contributed by atoms with Gasteiger partial charge in [0.15, 0.2) is 0 Å². The lowest BCUT2D eigenvalue weighted by molar-refractivity contribution is 0.0395. The SMILES string of the molecule is CCC1CNC2(CCCC2)CN1C(C)CC(C)C. The van der Waals surface area contributed by atoms with Crippen molar-refractivity contribution in [2.24, 2.45) is 5.92 Å². The first-order chi connectivity index (χ1) is 8.56. The Hall–Kier alpha value is -0.0800. The molecule has 1 saturated carbocycles. The Balaban J connectivity index is 2.02. The number of rotatable bonds is 4. The fourth-order valence-corrected chi connectivity index (χ4v) is 4.08. The van der Waals surface area contributed by atoms with Crippen molar-refractivity contribution >= 4 is 0 Å². The van der Waals surface area contributed by atoms with Gasteiger partial charge in [-0.2, -0.15) is 0 Å². The maximum atomic E-state index is 3.89. The predicted molar refractivity (Wildman–Crippen MR) is 78.9 cm³/mol. The Morgan fingerprint density at radius 1 is 1.22 bits per heavy atom. The fourth-order valence-electron chi connectivity index (χ4n) is 4.08. The second kappa shape index (κ2) is 5.92. The second-order valence-corrected chi connectivity index (χ2v) is 7.08. The molecule has 2 aliphatic rings. The zero-order valence-electron chi connectivity index (χ0n) is 12.8. The van der Waals surface area contributed by atoms with Crippen LogP contribution >= 0.6 is 0 Å². The van der Waals surface area contributed by atoms with Crippen molar-refractivity contribution in [3.05, 3.63) is 0 Å². The molecule has 1 saturated heterocycles. The van der Waals surface area contributed by atoms with E-state index in [0.29, 0.717) is 5.54 Å². The van der Waals surface area contributed by atoms with Gasteiger partial charge in [0.2, 0.25) is 0 Å². The van der Waals surface area contributed by atoms with E-state index in [0.717, 1.165) is 18.0 Å². The van der Waals surface area contributed by atoms with E-state index in [9.17, 15) is 0 Å². The molecule has 1 N–H and O–H groups in total. The quantitative estimate of drug-likeness (QED) is 0.825. The predicted octanol–water partition coefficient (Wildman–Crippen LogP) is 3.42. The van der Waals surface area contributed by atoms with E-state index < -0.39 is 0 Å². The number of hydrogen-bond donors (Lipinski definition) is 1. The van der Waals surface area contributed by atoms with Crippen molar-refractivity contribution in [1.29, 1.82) is 0 Å². The molecular weight excluding hydrogens is 220 g/mol. The second-order valence-electron chi connectivity index (χ2n) is 7.08. The molecule has 2 fully saturated rings. The molecule has 0 radical (unpaired) electrons. The summed E-state index contributed by atoms with van der Waals surface area (Å²) in [6, 6.07) is 1.50. The third-order valence-corrected chi connectivity index (χ3v) is 5.08. The summed E-state index contributed by atoms with van der Waals surface area (Å²) in [6.45, 7) is 12.0. The Labute approximate surface area is 114 Å². The van der Waals surface area contributed by atoms with Gasteiger partial charge in [-0.3, -0.25) is 4.90 Å². The minimum atomic E-state index is 0.469. The molecule has 0 aromatic heterocycles. The van der Waals surface area contributed by atoms with Gasteiger partial charge < -0.3 is 5.32 Å². The van der Waals surface area contributed by atoms with Crippen molar-refractivity contribution in [3.8, 4) is 0 Å². The van der Waals surface area contributed by atoms with Crippen LogP contribution in [0.3, 0.4) is 0 Å². The first-order valence-corrected chi connectivity index (χ1v) is 8.07. The van der Waals surface area contributed by atoms with E-state index >= 15 is 0 Å². The first-order valence-electron chi connectivity index (χ1n) is 8.07. The summed E-state index contributed by atoms with van der Waals surface area (Å²) < 4.78 is 0. The van der Waals surface area contributed by atoms with Gasteiger partial charge in [-0.25, -0.2) is 0 Å². The third-order valence-electron chi connectivity index (χ3n) is 5.08. The zero-order valence-corrected chi connectivity index (χ0v) is 12.8. The average Bonchev–Trinajstić information content (AvgIpc) is 2.76. The Bertz CT molecular complexity index is 256. The minimum Gasteiger partial charge on any atom is -0.308 e. The molecular formula is C16H32N2. The molecule has 1 aliphatic heterocycles. The van der Waals surface area contributed by atoms with Gasteiger partial charge in [0.25, 0.3) is 0 Å². The standard InChI is InChI=1S/C16H32N2/c1-5-15-11-17-16(8-6-7-9-16)12-18(15)14(4)10-13(2)3/h13-15,17H,5-12H2,1-4H3. The lowest BCUT2D eigenvalue weighted by Gasteiger charge is -2.49. The summed E-state index contributed by atoms with van der Waals surface area (Å²) in [7, 11) is 0. The highest BCUT2D eigenvalue weighted by atomic mass is 15.3. The minimum absolute atomic E-state index is 0.469. The van der Waals surface area contributed by atoms with Gasteiger partial charge in [0.1, 0.15) is 0 Å². The van der Waals surface area contributed by atoms with Crippen LogP contribution in [0, 0.1) is 5.92 Å². The van der Waals surface area contributed by atoms with Crippen LogP contribution < -0.4 is 5.32 Å². The van der Waals surface area contributed by atoms with Crippen LogP contribution in [-0.2, 0) is 0 Å². The fraction of sp³-hybridized carbons (Fsp3) is 1.00. The monoisotopic (exact) mass is 252 g/mol. The molecule has 0 aromatic carbocycles. The molecule has 1 aliphatic carbocycles. The van der Waals surface area contributed by atoms with E-state index in [1.807, 2.05) is 0 Å². The summed E-state index contributed by atoms with van der Waals surface area (Å²) in [5, 5.41) is 3.89. The zero-order chi connectivity index (χ0) is 13.2. The molecule has 0 amide bonds. The molecule has 2 nitrogen and oxygen atoms in total. The van der Waals surface area contributed by atoms with Gasteiger partial charge in [0, 0.05) is 30.7 Å². The summed E-state index contributed by atoms with van der Waals surface area (Å²) in [6.07, 6.45) is 8.27. The van der Waals surface area contributed by atoms with Crippen LogP contribution in [-0.4, -0.2) is 35.6 Å². The molecule has 2 unspecified atom stereocenters. The average molecular weight is 252 g/mol. The topological polar surface area (TPSA) is 15.3 Å². The molecule has 1 heterocycles. The maximum Gasteiger partial charge on any atom is 0.0309 e. The van der Waals surface area contributed by atoms with Crippen molar-refractivity contribution in [2.45, 2.75) is 83.8 Å². The van der Waals surface area contributed by atoms with Gasteiger partial charge >= 0.3 is 0 Å².